The average molecular weight is 873 g/mol. The highest BCUT2D eigenvalue weighted by atomic mass is 32.2. The normalized spacial score (nSPS) is 24.1. The van der Waals surface area contributed by atoms with Crippen molar-refractivity contribution >= 4 is 50.6 Å². The Labute approximate surface area is 361 Å². The molecule has 7 rings (SSSR count). The largest absolute Gasteiger partial charge is 0.497 e. The van der Waals surface area contributed by atoms with Crippen LogP contribution in [0.3, 0.4) is 0 Å². The Kier molecular flexibility index (Phi) is 12.6. The number of hydrogen-bond donors (Lipinski definition) is 4. The molecule has 2 aliphatic carbocycles. The number of sulfonamides is 1. The van der Waals surface area contributed by atoms with E-state index in [0.29, 0.717) is 60.4 Å². The molecule has 0 spiro atoms. The lowest BCUT2D eigenvalue weighted by Crippen LogP contribution is -2.57. The summed E-state index contributed by atoms with van der Waals surface area (Å²) in [4.78, 5) is 76.5. The van der Waals surface area contributed by atoms with E-state index in [1.807, 2.05) is 63.2 Å². The molecule has 4 aliphatic rings. The number of likely N-dealkylation sites (tertiary alicyclic amines) is 2. The van der Waals surface area contributed by atoms with Crippen LogP contribution in [-0.2, 0) is 29.2 Å². The molecule has 2 aliphatic heterocycles. The van der Waals surface area contributed by atoms with E-state index in [2.05, 4.69) is 21.9 Å². The maximum atomic E-state index is 15.0. The van der Waals surface area contributed by atoms with Crippen molar-refractivity contribution in [1.82, 2.24) is 30.1 Å². The van der Waals surface area contributed by atoms with Crippen LogP contribution in [0.4, 0.5) is 4.79 Å². The van der Waals surface area contributed by atoms with Gasteiger partial charge in [-0.25, -0.2) is 18.2 Å². The number of carbonyl (C=O) groups excluding carboxylic acids is 4. The van der Waals surface area contributed by atoms with Gasteiger partial charge in [-0.2, -0.15) is 0 Å². The molecule has 16 nitrogen and oxygen atoms in total. The first-order valence-electron chi connectivity index (χ1n) is 21.2. The molecule has 6 atom stereocenters. The van der Waals surface area contributed by atoms with Gasteiger partial charge in [0.2, 0.25) is 27.7 Å². The molecule has 0 radical (unpaired) electrons. The molecule has 2 aromatic carbocycles. The van der Waals surface area contributed by atoms with Gasteiger partial charge in [0.25, 0.3) is 5.91 Å². The number of fused-ring (bicyclic) bond motifs is 1. The van der Waals surface area contributed by atoms with Gasteiger partial charge in [0.1, 0.15) is 29.2 Å². The van der Waals surface area contributed by atoms with E-state index in [4.69, 9.17) is 19.6 Å². The van der Waals surface area contributed by atoms with Gasteiger partial charge < -0.3 is 35.0 Å². The number of aromatic nitrogens is 1. The molecule has 0 bridgehead atoms. The van der Waals surface area contributed by atoms with Crippen LogP contribution < -0.4 is 24.8 Å². The summed E-state index contributed by atoms with van der Waals surface area (Å²) in [5, 5.41) is 14.4. The fourth-order valence-electron chi connectivity index (χ4n) is 8.69. The highest BCUT2D eigenvalue weighted by Gasteiger charge is 2.62. The molecule has 3 aromatic rings. The second-order valence-corrected chi connectivity index (χ2v) is 20.0. The molecule has 2 saturated carbocycles. The number of nitrogens with one attached hydrogen (secondary N) is 3. The van der Waals surface area contributed by atoms with Gasteiger partial charge in [0, 0.05) is 61.5 Å². The Morgan fingerprint density at radius 2 is 1.79 bits per heavy atom. The molecule has 4 fully saturated rings. The Morgan fingerprint density at radius 1 is 1.05 bits per heavy atom. The first-order valence-corrected chi connectivity index (χ1v) is 22.7. The molecule has 17 heteroatoms. The van der Waals surface area contributed by atoms with E-state index in [0.717, 1.165) is 12.0 Å². The lowest BCUT2D eigenvalue weighted by molar-refractivity contribution is -0.149. The summed E-state index contributed by atoms with van der Waals surface area (Å²) >= 11 is 0. The number of ether oxygens (including phenoxy) is 2. The number of rotatable bonds is 15. The lowest BCUT2D eigenvalue weighted by Gasteiger charge is -2.37. The number of methoxy groups -OCH3 is 1. The SMILES string of the molecule is C=CC1CC1(NC(=O)[C@@H]1C[C@@H](Oc2cc(-c3ccccc3)nc3cc(OC)ccc23)CN1C(=O)[C@@H](CC(=O)N1CCCC(CNC(=O)O)C1)C(C)(C)C)C(=O)NS(=O)(=O)C1CC1. The van der Waals surface area contributed by atoms with Crippen LogP contribution >= 0.6 is 0 Å². The zero-order valence-electron chi connectivity index (χ0n) is 35.6. The minimum Gasteiger partial charge on any atom is -0.497 e. The second kappa shape index (κ2) is 17.6. The van der Waals surface area contributed by atoms with Gasteiger partial charge in [-0.05, 0) is 55.6 Å². The Balaban J connectivity index is 1.19. The highest BCUT2D eigenvalue weighted by molar-refractivity contribution is 7.91. The third-order valence-corrected chi connectivity index (χ3v) is 14.4. The van der Waals surface area contributed by atoms with Crippen LogP contribution in [0.2, 0.25) is 0 Å². The predicted octanol–water partition coefficient (Wildman–Crippen LogP) is 4.49. The monoisotopic (exact) mass is 872 g/mol. The average Bonchev–Trinajstić information content (AvgIpc) is 4.18. The quantitative estimate of drug-likeness (QED) is 0.156. The van der Waals surface area contributed by atoms with Crippen molar-refractivity contribution in [3.8, 4) is 22.8 Å². The topological polar surface area (TPSA) is 214 Å². The van der Waals surface area contributed by atoms with Gasteiger partial charge in [0.05, 0.1) is 36.0 Å². The molecular formula is C45H56N6O10S. The van der Waals surface area contributed by atoms with E-state index in [-0.39, 0.29) is 44.2 Å². The Morgan fingerprint density at radius 3 is 2.44 bits per heavy atom. The third-order valence-electron chi connectivity index (χ3n) is 12.6. The van der Waals surface area contributed by atoms with Gasteiger partial charge in [-0.15, -0.1) is 6.58 Å². The number of pyridine rings is 1. The van der Waals surface area contributed by atoms with Crippen molar-refractivity contribution in [3.63, 3.8) is 0 Å². The summed E-state index contributed by atoms with van der Waals surface area (Å²) in [6.45, 7) is 10.4. The van der Waals surface area contributed by atoms with E-state index in [9.17, 15) is 27.6 Å². The molecule has 2 saturated heterocycles. The fraction of sp³-hybridized carbons (Fsp3) is 0.511. The van der Waals surface area contributed by atoms with Crippen LogP contribution in [0.15, 0.2) is 67.3 Å². The molecule has 1 aromatic heterocycles. The zero-order valence-corrected chi connectivity index (χ0v) is 36.4. The molecule has 5 amide bonds. The van der Waals surface area contributed by atoms with E-state index < -0.39 is 74.0 Å². The molecule has 4 N–H and O–H groups in total. The minimum absolute atomic E-state index is 0.0181. The van der Waals surface area contributed by atoms with Crippen molar-refractivity contribution in [1.29, 1.82) is 0 Å². The van der Waals surface area contributed by atoms with Crippen LogP contribution in [0, 0.1) is 23.2 Å². The van der Waals surface area contributed by atoms with Crippen LogP contribution in [0.25, 0.3) is 22.2 Å². The summed E-state index contributed by atoms with van der Waals surface area (Å²) in [7, 11) is -2.37. The maximum absolute atomic E-state index is 15.0. The number of nitrogens with zero attached hydrogens (tertiary/aromatic N) is 3. The van der Waals surface area contributed by atoms with E-state index in [1.165, 1.54) is 11.0 Å². The van der Waals surface area contributed by atoms with Gasteiger partial charge in [-0.1, -0.05) is 57.2 Å². The first-order chi connectivity index (χ1) is 29.4. The number of hydrogen-bond acceptors (Lipinski definition) is 10. The predicted molar refractivity (Wildman–Crippen MR) is 230 cm³/mol. The van der Waals surface area contributed by atoms with Crippen LogP contribution in [-0.4, -0.2) is 114 Å². The van der Waals surface area contributed by atoms with Crippen molar-refractivity contribution in [3.05, 3.63) is 67.3 Å². The number of amides is 5. The molecule has 3 unspecified atom stereocenters. The summed E-state index contributed by atoms with van der Waals surface area (Å²) < 4.78 is 40.1. The van der Waals surface area contributed by atoms with Gasteiger partial charge in [-0.3, -0.25) is 23.9 Å². The third kappa shape index (κ3) is 9.67. The summed E-state index contributed by atoms with van der Waals surface area (Å²) in [5.74, 6) is -2.66. The Bertz CT molecular complexity index is 2350. The smallest absolute Gasteiger partial charge is 0.404 e. The second-order valence-electron chi connectivity index (χ2n) is 18.1. The van der Waals surface area contributed by atoms with Gasteiger partial charge >= 0.3 is 6.09 Å². The maximum Gasteiger partial charge on any atom is 0.404 e. The fourth-order valence-corrected chi connectivity index (χ4v) is 10.1. The number of carboxylic acid groups (broad SMARTS) is 1. The number of piperidine rings is 1. The van der Waals surface area contributed by atoms with Crippen LogP contribution in [0.1, 0.15) is 65.7 Å². The van der Waals surface area contributed by atoms with Crippen molar-refractivity contribution in [2.45, 2.75) is 88.7 Å². The number of benzene rings is 2. The standard InChI is InChI=1S/C45H56N6O10S/c1-6-29-23-45(29,42(55)49-62(58,59)32-15-16-32)48-40(53)37-20-31(61-38-22-35(28-12-8-7-9-13-28)47-36-19-30(60-5)14-17-33(36)38)26-51(37)41(54)34(44(2,3)4)21-39(52)50-18-10-11-27(25-50)24-46-43(56)57/h6-9,12-14,17,19,22,27,29,31-32,34,37,46H,1,10-11,15-16,18,20-21,23-26H2,2-5H3,(H,48,53)(H,49,55)(H,56,57)/t27?,29?,31-,34-,37+,45?/m1/s1. The van der Waals surface area contributed by atoms with Crippen molar-refractivity contribution in [2.24, 2.45) is 23.2 Å². The first kappa shape index (κ1) is 44.3. The lowest BCUT2D eigenvalue weighted by atomic mass is 9.77. The summed E-state index contributed by atoms with van der Waals surface area (Å²) in [6, 6.07) is 15.6. The Hall–Kier alpha value is -5.71. The van der Waals surface area contributed by atoms with Gasteiger partial charge in [0.15, 0.2) is 0 Å². The van der Waals surface area contributed by atoms with Crippen molar-refractivity contribution in [2.75, 3.05) is 33.3 Å². The zero-order chi connectivity index (χ0) is 44.6. The minimum atomic E-state index is -3.94. The van der Waals surface area contributed by atoms with Crippen molar-refractivity contribution < 1.29 is 47.0 Å². The van der Waals surface area contributed by atoms with E-state index >= 15 is 4.79 Å². The molecular weight excluding hydrogens is 817 g/mol. The summed E-state index contributed by atoms with van der Waals surface area (Å²) in [6.07, 6.45) is 1.95. The molecule has 332 valence electrons. The summed E-state index contributed by atoms with van der Waals surface area (Å²) in [5.41, 5.74) is -0.263. The molecule has 3 heterocycles. The van der Waals surface area contributed by atoms with Crippen LogP contribution in [0.5, 0.6) is 11.5 Å². The number of carbonyl (C=O) groups is 5. The van der Waals surface area contributed by atoms with E-state index in [1.54, 1.807) is 24.1 Å². The molecule has 62 heavy (non-hydrogen) atoms. The highest BCUT2D eigenvalue weighted by Crippen LogP contribution is 2.46.